The number of nitrogens with two attached hydrogens (primary N) is 2. The number of carbonyl (C=O) groups is 2. The minimum Gasteiger partial charge on any atom is -0.457 e. The molecule has 0 aliphatic rings. The number of H-pyrrole nitrogens is 2. The van der Waals surface area contributed by atoms with E-state index in [0.29, 0.717) is 12.8 Å². The Bertz CT molecular complexity index is 1310. The quantitative estimate of drug-likeness (QED) is 0.155. The van der Waals surface area contributed by atoms with Gasteiger partial charge in [-0.15, -0.1) is 0 Å². The molecular formula is C24H24Br2N6O4. The van der Waals surface area contributed by atoms with Gasteiger partial charge in [-0.2, -0.15) is 10.2 Å². The maximum Gasteiger partial charge on any atom is 0.331 e. The van der Waals surface area contributed by atoms with Crippen molar-refractivity contribution in [2.75, 3.05) is 13.1 Å². The molecule has 0 spiro atoms. The molecule has 2 atom stereocenters. The SMILES string of the molecule is NCC(Cc1[nH]nc2ccc(Br)cc12)OC(=O)/C=C/C(=O)OC(CN)Cc1[nH]nc2ccc(Br)cc12. The van der Waals surface area contributed by atoms with Crippen LogP contribution in [0.3, 0.4) is 0 Å². The van der Waals surface area contributed by atoms with Gasteiger partial charge in [0.2, 0.25) is 0 Å². The van der Waals surface area contributed by atoms with Crippen molar-refractivity contribution in [2.24, 2.45) is 11.5 Å². The van der Waals surface area contributed by atoms with Crippen LogP contribution in [0.2, 0.25) is 0 Å². The lowest BCUT2D eigenvalue weighted by atomic mass is 10.1. The highest BCUT2D eigenvalue weighted by Gasteiger charge is 2.18. The molecule has 10 nitrogen and oxygen atoms in total. The fourth-order valence-corrected chi connectivity index (χ4v) is 4.45. The molecule has 0 saturated heterocycles. The maximum atomic E-state index is 12.3. The highest BCUT2D eigenvalue weighted by Crippen LogP contribution is 2.23. The first-order valence-corrected chi connectivity index (χ1v) is 12.7. The molecule has 188 valence electrons. The summed E-state index contributed by atoms with van der Waals surface area (Å²) >= 11 is 6.88. The Morgan fingerprint density at radius 3 is 1.61 bits per heavy atom. The van der Waals surface area contributed by atoms with Crippen molar-refractivity contribution < 1.29 is 19.1 Å². The normalized spacial score (nSPS) is 13.3. The Labute approximate surface area is 223 Å². The molecule has 2 aromatic carbocycles. The van der Waals surface area contributed by atoms with E-state index < -0.39 is 24.1 Å². The highest BCUT2D eigenvalue weighted by atomic mass is 79.9. The number of benzene rings is 2. The summed E-state index contributed by atoms with van der Waals surface area (Å²) in [5, 5.41) is 16.2. The Hall–Kier alpha value is -3.06. The summed E-state index contributed by atoms with van der Waals surface area (Å²) in [5.41, 5.74) is 14.8. The summed E-state index contributed by atoms with van der Waals surface area (Å²) in [6.07, 6.45) is 1.51. The van der Waals surface area contributed by atoms with Crippen LogP contribution in [0.5, 0.6) is 0 Å². The van der Waals surface area contributed by atoms with Crippen LogP contribution in [0.4, 0.5) is 0 Å². The number of aromatic amines is 2. The predicted molar refractivity (Wildman–Crippen MR) is 142 cm³/mol. The molecule has 4 aromatic rings. The van der Waals surface area contributed by atoms with Gasteiger partial charge in [-0.1, -0.05) is 31.9 Å². The number of aromatic nitrogens is 4. The van der Waals surface area contributed by atoms with E-state index in [0.717, 1.165) is 54.3 Å². The zero-order chi connectivity index (χ0) is 25.7. The van der Waals surface area contributed by atoms with Crippen molar-refractivity contribution in [2.45, 2.75) is 25.0 Å². The van der Waals surface area contributed by atoms with Crippen LogP contribution in [0.15, 0.2) is 57.5 Å². The molecule has 0 fully saturated rings. The molecule has 0 amide bonds. The molecule has 0 saturated carbocycles. The van der Waals surface area contributed by atoms with Crippen molar-refractivity contribution in [3.8, 4) is 0 Å². The van der Waals surface area contributed by atoms with Crippen LogP contribution >= 0.6 is 31.9 Å². The van der Waals surface area contributed by atoms with Crippen LogP contribution in [0, 0.1) is 0 Å². The molecule has 12 heteroatoms. The molecule has 0 radical (unpaired) electrons. The minimum absolute atomic E-state index is 0.0992. The fraction of sp³-hybridized carbons (Fsp3) is 0.250. The number of halogens is 2. The summed E-state index contributed by atoms with van der Waals surface area (Å²) in [6.45, 7) is 0.198. The Kier molecular flexibility index (Phi) is 8.52. The third-order valence-corrected chi connectivity index (χ3v) is 6.49. The second-order valence-electron chi connectivity index (χ2n) is 8.06. The van der Waals surface area contributed by atoms with E-state index in [2.05, 4.69) is 52.3 Å². The Morgan fingerprint density at radius 1 is 0.806 bits per heavy atom. The number of hydrogen-bond acceptors (Lipinski definition) is 8. The lowest BCUT2D eigenvalue weighted by Crippen LogP contribution is -2.29. The summed E-state index contributed by atoms with van der Waals surface area (Å²) < 4.78 is 12.7. The van der Waals surface area contributed by atoms with Crippen LogP contribution < -0.4 is 11.5 Å². The second-order valence-corrected chi connectivity index (χ2v) is 9.89. The van der Waals surface area contributed by atoms with Crippen LogP contribution in [0.1, 0.15) is 11.4 Å². The summed E-state index contributed by atoms with van der Waals surface area (Å²) in [5.74, 6) is -1.41. The van der Waals surface area contributed by atoms with Crippen molar-refractivity contribution in [3.05, 3.63) is 68.9 Å². The predicted octanol–water partition coefficient (Wildman–Crippen LogP) is 3.05. The minimum atomic E-state index is -0.707. The number of rotatable bonds is 10. The average molecular weight is 620 g/mol. The maximum absolute atomic E-state index is 12.3. The van der Waals surface area contributed by atoms with Gasteiger partial charge in [-0.3, -0.25) is 10.2 Å². The number of carbonyl (C=O) groups excluding carboxylic acids is 2. The van der Waals surface area contributed by atoms with Crippen molar-refractivity contribution in [3.63, 3.8) is 0 Å². The Morgan fingerprint density at radius 2 is 1.22 bits per heavy atom. The largest absolute Gasteiger partial charge is 0.457 e. The van der Waals surface area contributed by atoms with E-state index in [1.807, 2.05) is 36.4 Å². The summed E-state index contributed by atoms with van der Waals surface area (Å²) in [4.78, 5) is 24.6. The molecule has 0 bridgehead atoms. The van der Waals surface area contributed by atoms with E-state index in [1.165, 1.54) is 0 Å². The van der Waals surface area contributed by atoms with Crippen LogP contribution in [-0.4, -0.2) is 57.6 Å². The lowest BCUT2D eigenvalue weighted by molar-refractivity contribution is -0.145. The number of esters is 2. The number of hydrogen-bond donors (Lipinski definition) is 4. The van der Waals surface area contributed by atoms with E-state index in [1.54, 1.807) is 0 Å². The van der Waals surface area contributed by atoms with Gasteiger partial charge in [0.15, 0.2) is 0 Å². The first-order valence-electron chi connectivity index (χ1n) is 11.1. The molecule has 0 aliphatic carbocycles. The lowest BCUT2D eigenvalue weighted by Gasteiger charge is -2.15. The molecule has 2 unspecified atom stereocenters. The van der Waals surface area contributed by atoms with Gasteiger partial charge >= 0.3 is 11.9 Å². The van der Waals surface area contributed by atoms with Crippen molar-refractivity contribution in [1.82, 2.24) is 20.4 Å². The highest BCUT2D eigenvalue weighted by molar-refractivity contribution is 9.10. The van der Waals surface area contributed by atoms with Crippen molar-refractivity contribution in [1.29, 1.82) is 0 Å². The smallest absolute Gasteiger partial charge is 0.331 e. The van der Waals surface area contributed by atoms with Crippen LogP contribution in [0.25, 0.3) is 21.8 Å². The zero-order valence-corrected chi connectivity index (χ0v) is 22.2. The monoisotopic (exact) mass is 618 g/mol. The second kappa shape index (κ2) is 11.8. The van der Waals surface area contributed by atoms with E-state index >= 15 is 0 Å². The Balaban J connectivity index is 1.32. The van der Waals surface area contributed by atoms with Gasteiger partial charge in [0.25, 0.3) is 0 Å². The van der Waals surface area contributed by atoms with E-state index in [4.69, 9.17) is 20.9 Å². The van der Waals surface area contributed by atoms with Gasteiger partial charge in [-0.05, 0) is 36.4 Å². The fourth-order valence-electron chi connectivity index (χ4n) is 3.73. The van der Waals surface area contributed by atoms with Crippen LogP contribution in [-0.2, 0) is 31.9 Å². The van der Waals surface area contributed by atoms with E-state index in [9.17, 15) is 9.59 Å². The van der Waals surface area contributed by atoms with Gasteiger partial charge in [0.1, 0.15) is 12.2 Å². The van der Waals surface area contributed by atoms with Gasteiger partial charge in [0, 0.05) is 69.2 Å². The van der Waals surface area contributed by atoms with Gasteiger partial charge < -0.3 is 20.9 Å². The van der Waals surface area contributed by atoms with Gasteiger partial charge in [-0.25, -0.2) is 9.59 Å². The molecule has 2 aromatic heterocycles. The molecular weight excluding hydrogens is 596 g/mol. The third-order valence-electron chi connectivity index (χ3n) is 5.50. The summed E-state index contributed by atoms with van der Waals surface area (Å²) in [7, 11) is 0. The average Bonchev–Trinajstić information content (AvgIpc) is 3.45. The standard InChI is InChI=1S/C24H24Br2N6O4/c25-13-1-3-19-17(7-13)21(31-29-19)9-15(11-27)35-23(33)5-6-24(34)36-16(12-28)10-22-18-8-14(26)2-4-20(18)30-32-22/h1-8,15-16H,9-12,27-28H2,(H,29,31)(H,30,32)/b6-5+. The molecule has 0 aliphatic heterocycles. The molecule has 2 heterocycles. The number of nitrogens with zero attached hydrogens (tertiary/aromatic N) is 2. The van der Waals surface area contributed by atoms with Gasteiger partial charge in [0.05, 0.1) is 11.0 Å². The van der Waals surface area contributed by atoms with E-state index in [-0.39, 0.29) is 13.1 Å². The first kappa shape index (κ1) is 26.0. The number of fused-ring (bicyclic) bond motifs is 2. The third kappa shape index (κ3) is 6.38. The number of ether oxygens (including phenoxy) is 2. The molecule has 6 N–H and O–H groups in total. The first-order chi connectivity index (χ1) is 17.4. The van der Waals surface area contributed by atoms with Crippen molar-refractivity contribution >= 4 is 65.6 Å². The summed E-state index contributed by atoms with van der Waals surface area (Å²) in [6, 6.07) is 11.4. The molecule has 4 rings (SSSR count). The topological polar surface area (TPSA) is 162 Å². The number of nitrogens with one attached hydrogen (secondary N) is 2. The molecule has 36 heavy (non-hydrogen) atoms. The zero-order valence-electron chi connectivity index (χ0n) is 19.0.